The average molecular weight is 327 g/mol. The highest BCUT2D eigenvalue weighted by Crippen LogP contribution is 2.19. The molecule has 0 aromatic heterocycles. The van der Waals surface area contributed by atoms with Crippen LogP contribution in [0.4, 0.5) is 20.2 Å². The van der Waals surface area contributed by atoms with Crippen LogP contribution in [0.5, 0.6) is 0 Å². The molecule has 2 rings (SSSR count). The van der Waals surface area contributed by atoms with Crippen molar-refractivity contribution in [3.8, 4) is 0 Å². The molecule has 0 saturated heterocycles. The van der Waals surface area contributed by atoms with Crippen molar-refractivity contribution in [1.29, 1.82) is 0 Å². The topological polar surface area (TPSA) is 55.1 Å². The SMILES string of the molecule is Nc1cc(NC(=O)c2cc(F)cc(Br)c2)ccc1F. The van der Waals surface area contributed by atoms with E-state index >= 15 is 0 Å². The molecule has 3 nitrogen and oxygen atoms in total. The summed E-state index contributed by atoms with van der Waals surface area (Å²) in [5.41, 5.74) is 5.80. The Morgan fingerprint density at radius 2 is 1.89 bits per heavy atom. The van der Waals surface area contributed by atoms with Crippen molar-refractivity contribution in [3.63, 3.8) is 0 Å². The summed E-state index contributed by atoms with van der Waals surface area (Å²) in [5, 5.41) is 2.51. The van der Waals surface area contributed by atoms with E-state index in [9.17, 15) is 13.6 Å². The van der Waals surface area contributed by atoms with Gasteiger partial charge in [-0.25, -0.2) is 8.78 Å². The van der Waals surface area contributed by atoms with Crippen molar-refractivity contribution in [2.75, 3.05) is 11.1 Å². The van der Waals surface area contributed by atoms with E-state index in [-0.39, 0.29) is 11.3 Å². The zero-order chi connectivity index (χ0) is 14.0. The molecule has 0 aliphatic rings. The zero-order valence-electron chi connectivity index (χ0n) is 9.58. The van der Waals surface area contributed by atoms with Gasteiger partial charge in [-0.05, 0) is 36.4 Å². The van der Waals surface area contributed by atoms with Gasteiger partial charge in [0.2, 0.25) is 0 Å². The smallest absolute Gasteiger partial charge is 0.255 e. The lowest BCUT2D eigenvalue weighted by atomic mass is 10.2. The van der Waals surface area contributed by atoms with Gasteiger partial charge in [0, 0.05) is 15.7 Å². The zero-order valence-corrected chi connectivity index (χ0v) is 11.2. The molecule has 0 spiro atoms. The molecule has 0 fully saturated rings. The number of carbonyl (C=O) groups excluding carboxylic acids is 1. The summed E-state index contributed by atoms with van der Waals surface area (Å²) < 4.78 is 26.6. The molecule has 0 heterocycles. The van der Waals surface area contributed by atoms with Crippen LogP contribution in [0.2, 0.25) is 0 Å². The summed E-state index contributed by atoms with van der Waals surface area (Å²) in [4.78, 5) is 11.9. The number of carbonyl (C=O) groups is 1. The van der Waals surface area contributed by atoms with Gasteiger partial charge in [0.1, 0.15) is 11.6 Å². The lowest BCUT2D eigenvalue weighted by Crippen LogP contribution is -2.12. The number of anilines is 2. The van der Waals surface area contributed by atoms with Gasteiger partial charge >= 0.3 is 0 Å². The van der Waals surface area contributed by atoms with Crippen molar-refractivity contribution in [1.82, 2.24) is 0 Å². The van der Waals surface area contributed by atoms with Gasteiger partial charge in [0.15, 0.2) is 0 Å². The van der Waals surface area contributed by atoms with Crippen molar-refractivity contribution < 1.29 is 13.6 Å². The Balaban J connectivity index is 2.22. The van der Waals surface area contributed by atoms with Crippen molar-refractivity contribution in [2.45, 2.75) is 0 Å². The number of nitrogens with one attached hydrogen (secondary N) is 1. The van der Waals surface area contributed by atoms with E-state index in [1.807, 2.05) is 0 Å². The molecule has 6 heteroatoms. The van der Waals surface area contributed by atoms with Crippen molar-refractivity contribution in [3.05, 3.63) is 58.1 Å². The number of rotatable bonds is 2. The molecule has 0 saturated carbocycles. The highest BCUT2D eigenvalue weighted by atomic mass is 79.9. The van der Waals surface area contributed by atoms with Gasteiger partial charge in [-0.1, -0.05) is 15.9 Å². The molecule has 3 N–H and O–H groups in total. The summed E-state index contributed by atoms with van der Waals surface area (Å²) in [6.45, 7) is 0. The van der Waals surface area contributed by atoms with Crippen LogP contribution in [0.3, 0.4) is 0 Å². The minimum absolute atomic E-state index is 0.0711. The van der Waals surface area contributed by atoms with Gasteiger partial charge < -0.3 is 11.1 Å². The van der Waals surface area contributed by atoms with Crippen molar-refractivity contribution >= 4 is 33.2 Å². The van der Waals surface area contributed by atoms with Crippen LogP contribution in [0.25, 0.3) is 0 Å². The fourth-order valence-electron chi connectivity index (χ4n) is 1.51. The van der Waals surface area contributed by atoms with Crippen LogP contribution in [0.1, 0.15) is 10.4 Å². The number of hydrogen-bond donors (Lipinski definition) is 2. The highest BCUT2D eigenvalue weighted by Gasteiger charge is 2.09. The fourth-order valence-corrected chi connectivity index (χ4v) is 1.98. The monoisotopic (exact) mass is 326 g/mol. The van der Waals surface area contributed by atoms with E-state index < -0.39 is 17.5 Å². The largest absolute Gasteiger partial charge is 0.396 e. The maximum atomic E-state index is 13.2. The average Bonchev–Trinajstić information content (AvgIpc) is 2.32. The number of amides is 1. The van der Waals surface area contributed by atoms with Crippen LogP contribution in [0, 0.1) is 11.6 Å². The molecule has 2 aromatic rings. The number of nitrogen functional groups attached to an aromatic ring is 1. The van der Waals surface area contributed by atoms with E-state index in [0.717, 1.165) is 12.1 Å². The Labute approximate surface area is 116 Å². The maximum absolute atomic E-state index is 13.2. The molecule has 1 amide bonds. The van der Waals surface area contributed by atoms with Crippen molar-refractivity contribution in [2.24, 2.45) is 0 Å². The van der Waals surface area contributed by atoms with Gasteiger partial charge in [-0.2, -0.15) is 0 Å². The van der Waals surface area contributed by atoms with Gasteiger partial charge in [0.25, 0.3) is 5.91 Å². The van der Waals surface area contributed by atoms with Crippen LogP contribution in [0.15, 0.2) is 40.9 Å². The third-order valence-corrected chi connectivity index (χ3v) is 2.84. The van der Waals surface area contributed by atoms with E-state index in [1.165, 1.54) is 24.3 Å². The Bertz CT molecular complexity index is 626. The molecule has 0 atom stereocenters. The molecule has 0 aliphatic carbocycles. The number of nitrogens with two attached hydrogens (primary N) is 1. The number of benzene rings is 2. The molecule has 2 aromatic carbocycles. The first-order valence-electron chi connectivity index (χ1n) is 5.28. The molecule has 0 unspecified atom stereocenters. The minimum Gasteiger partial charge on any atom is -0.396 e. The van der Waals surface area contributed by atoms with E-state index in [0.29, 0.717) is 10.2 Å². The first-order chi connectivity index (χ1) is 8.95. The first-order valence-corrected chi connectivity index (χ1v) is 6.07. The Morgan fingerprint density at radius 1 is 1.16 bits per heavy atom. The van der Waals surface area contributed by atoms with E-state index in [2.05, 4.69) is 21.2 Å². The minimum atomic E-state index is -0.563. The second kappa shape index (κ2) is 5.36. The van der Waals surface area contributed by atoms with Gasteiger partial charge in [-0.3, -0.25) is 4.79 Å². The number of hydrogen-bond acceptors (Lipinski definition) is 2. The molecule has 0 aliphatic heterocycles. The lowest BCUT2D eigenvalue weighted by molar-refractivity contribution is 0.102. The van der Waals surface area contributed by atoms with Gasteiger partial charge in [-0.15, -0.1) is 0 Å². The fraction of sp³-hybridized carbons (Fsp3) is 0. The second-order valence-electron chi connectivity index (χ2n) is 3.85. The first kappa shape index (κ1) is 13.5. The molecule has 0 radical (unpaired) electrons. The van der Waals surface area contributed by atoms with E-state index in [1.54, 1.807) is 0 Å². The van der Waals surface area contributed by atoms with Gasteiger partial charge in [0.05, 0.1) is 5.69 Å². The molecule has 0 bridgehead atoms. The Kier molecular flexibility index (Phi) is 3.80. The Hall–Kier alpha value is -1.95. The van der Waals surface area contributed by atoms with Crippen LogP contribution in [-0.4, -0.2) is 5.91 Å². The van der Waals surface area contributed by atoms with Crippen LogP contribution in [-0.2, 0) is 0 Å². The molecular formula is C13H9BrF2N2O. The molecule has 19 heavy (non-hydrogen) atoms. The number of halogens is 3. The van der Waals surface area contributed by atoms with E-state index in [4.69, 9.17) is 5.73 Å². The summed E-state index contributed by atoms with van der Waals surface area (Å²) in [6, 6.07) is 7.64. The predicted molar refractivity (Wildman–Crippen MR) is 72.9 cm³/mol. The predicted octanol–water partition coefficient (Wildman–Crippen LogP) is 3.56. The third-order valence-electron chi connectivity index (χ3n) is 2.38. The summed E-state index contributed by atoms with van der Waals surface area (Å²) >= 11 is 3.10. The second-order valence-corrected chi connectivity index (χ2v) is 4.76. The quantitative estimate of drug-likeness (QED) is 0.829. The summed E-state index contributed by atoms with van der Waals surface area (Å²) in [5.74, 6) is -1.60. The Morgan fingerprint density at radius 3 is 2.53 bits per heavy atom. The normalized spacial score (nSPS) is 10.3. The highest BCUT2D eigenvalue weighted by molar-refractivity contribution is 9.10. The standard InChI is InChI=1S/C13H9BrF2N2O/c14-8-3-7(4-9(15)5-8)13(19)18-10-1-2-11(16)12(17)6-10/h1-6H,17H2,(H,18,19). The maximum Gasteiger partial charge on any atom is 0.255 e. The molecular weight excluding hydrogens is 318 g/mol. The lowest BCUT2D eigenvalue weighted by Gasteiger charge is -2.07. The summed E-state index contributed by atoms with van der Waals surface area (Å²) in [7, 11) is 0. The summed E-state index contributed by atoms with van der Waals surface area (Å²) in [6.07, 6.45) is 0. The molecule has 98 valence electrons. The van der Waals surface area contributed by atoms with Crippen LogP contribution >= 0.6 is 15.9 Å². The van der Waals surface area contributed by atoms with Crippen LogP contribution < -0.4 is 11.1 Å². The third kappa shape index (κ3) is 3.29.